The van der Waals surface area contributed by atoms with E-state index >= 15 is 0 Å². The van der Waals surface area contributed by atoms with Gasteiger partial charge in [0, 0.05) is 0 Å². The Morgan fingerprint density at radius 3 is 2.00 bits per heavy atom. The zero-order valence-electron chi connectivity index (χ0n) is 8.42. The summed E-state index contributed by atoms with van der Waals surface area (Å²) in [6.07, 6.45) is 2.89. The summed E-state index contributed by atoms with van der Waals surface area (Å²) < 4.78 is 31.6. The minimum Gasteiger partial charge on any atom is -0.264 e. The standard InChI is InChI=1S/C10H12.H2O4S/c1-3-4-10-7-5-9(2)6-8-10;1-5(2,3)4/h3,5-8H,1,4H2,2H3;(H2,1,2,3,4). The largest absolute Gasteiger partial charge is 0.394 e. The summed E-state index contributed by atoms with van der Waals surface area (Å²) in [7, 11) is -4.67. The first-order valence-corrected chi connectivity index (χ1v) is 5.59. The van der Waals surface area contributed by atoms with E-state index in [1.807, 2.05) is 6.08 Å². The van der Waals surface area contributed by atoms with E-state index in [9.17, 15) is 0 Å². The third-order valence-corrected chi connectivity index (χ3v) is 1.50. The highest BCUT2D eigenvalue weighted by atomic mass is 32.3. The Kier molecular flexibility index (Phi) is 5.84. The predicted molar refractivity (Wildman–Crippen MR) is 59.3 cm³/mol. The number of benzene rings is 1. The third kappa shape index (κ3) is 10.8. The second kappa shape index (κ2) is 6.34. The molecule has 2 N–H and O–H groups in total. The maximum absolute atomic E-state index is 8.74. The van der Waals surface area contributed by atoms with E-state index in [4.69, 9.17) is 17.5 Å². The number of allylic oxidation sites excluding steroid dienone is 1. The maximum Gasteiger partial charge on any atom is 0.394 e. The van der Waals surface area contributed by atoms with Crippen molar-refractivity contribution in [2.24, 2.45) is 0 Å². The fourth-order valence-corrected chi connectivity index (χ4v) is 0.891. The van der Waals surface area contributed by atoms with Crippen LogP contribution in [0.15, 0.2) is 36.9 Å². The van der Waals surface area contributed by atoms with Gasteiger partial charge < -0.3 is 0 Å². The fourth-order valence-electron chi connectivity index (χ4n) is 0.891. The molecule has 0 unspecified atom stereocenters. The molecule has 0 aliphatic heterocycles. The average molecular weight is 230 g/mol. The molecule has 0 heterocycles. The summed E-state index contributed by atoms with van der Waals surface area (Å²) in [6.45, 7) is 5.77. The van der Waals surface area contributed by atoms with Crippen molar-refractivity contribution < 1.29 is 17.5 Å². The highest BCUT2D eigenvalue weighted by Gasteiger charge is 1.86. The first-order chi connectivity index (χ1) is 6.83. The zero-order chi connectivity index (χ0) is 11.9. The Morgan fingerprint density at radius 1 is 1.27 bits per heavy atom. The predicted octanol–water partition coefficient (Wildman–Crippen LogP) is 2.07. The van der Waals surface area contributed by atoms with Crippen LogP contribution in [0.1, 0.15) is 11.1 Å². The zero-order valence-corrected chi connectivity index (χ0v) is 9.24. The van der Waals surface area contributed by atoms with E-state index in [2.05, 4.69) is 37.8 Å². The Bertz CT molecular complexity index is 384. The van der Waals surface area contributed by atoms with Crippen molar-refractivity contribution in [2.75, 3.05) is 0 Å². The number of aryl methyl sites for hydroxylation is 1. The van der Waals surface area contributed by atoms with Crippen LogP contribution in [0.25, 0.3) is 0 Å². The van der Waals surface area contributed by atoms with Crippen molar-refractivity contribution in [1.82, 2.24) is 0 Å². The van der Waals surface area contributed by atoms with E-state index in [1.165, 1.54) is 11.1 Å². The molecule has 0 aliphatic carbocycles. The van der Waals surface area contributed by atoms with Crippen molar-refractivity contribution in [3.63, 3.8) is 0 Å². The molecule has 15 heavy (non-hydrogen) atoms. The molecule has 0 aliphatic rings. The minimum atomic E-state index is -4.67. The highest BCUT2D eigenvalue weighted by molar-refractivity contribution is 7.79. The lowest BCUT2D eigenvalue weighted by Crippen LogP contribution is -1.89. The summed E-state index contributed by atoms with van der Waals surface area (Å²) in [5.41, 5.74) is 2.65. The van der Waals surface area contributed by atoms with Crippen molar-refractivity contribution in [3.05, 3.63) is 48.0 Å². The van der Waals surface area contributed by atoms with Crippen molar-refractivity contribution in [2.45, 2.75) is 13.3 Å². The third-order valence-electron chi connectivity index (χ3n) is 1.50. The first kappa shape index (κ1) is 13.8. The van der Waals surface area contributed by atoms with E-state index in [1.54, 1.807) is 0 Å². The van der Waals surface area contributed by atoms with E-state index in [0.717, 1.165) is 6.42 Å². The lowest BCUT2D eigenvalue weighted by molar-refractivity contribution is 0.381. The van der Waals surface area contributed by atoms with Crippen LogP contribution in [0.4, 0.5) is 0 Å². The highest BCUT2D eigenvalue weighted by Crippen LogP contribution is 2.03. The lowest BCUT2D eigenvalue weighted by Gasteiger charge is -1.95. The molecule has 1 aromatic rings. The summed E-state index contributed by atoms with van der Waals surface area (Å²) >= 11 is 0. The van der Waals surface area contributed by atoms with E-state index in [-0.39, 0.29) is 0 Å². The lowest BCUT2D eigenvalue weighted by atomic mass is 10.1. The Hall–Kier alpha value is -1.17. The van der Waals surface area contributed by atoms with Gasteiger partial charge >= 0.3 is 10.4 Å². The van der Waals surface area contributed by atoms with Crippen LogP contribution in [0.5, 0.6) is 0 Å². The van der Waals surface area contributed by atoms with Gasteiger partial charge in [-0.05, 0) is 18.9 Å². The van der Waals surface area contributed by atoms with Crippen molar-refractivity contribution >= 4 is 10.4 Å². The summed E-state index contributed by atoms with van der Waals surface area (Å²) in [4.78, 5) is 0. The second-order valence-corrected chi connectivity index (χ2v) is 3.82. The molecule has 0 saturated heterocycles. The van der Waals surface area contributed by atoms with Crippen LogP contribution in [0, 0.1) is 6.92 Å². The van der Waals surface area contributed by atoms with Gasteiger partial charge in [-0.15, -0.1) is 6.58 Å². The molecule has 0 spiro atoms. The van der Waals surface area contributed by atoms with Crippen LogP contribution >= 0.6 is 0 Å². The van der Waals surface area contributed by atoms with Crippen LogP contribution in [0.2, 0.25) is 0 Å². The number of hydrogen-bond acceptors (Lipinski definition) is 2. The molecule has 4 nitrogen and oxygen atoms in total. The molecule has 0 atom stereocenters. The van der Waals surface area contributed by atoms with Gasteiger partial charge in [0.15, 0.2) is 0 Å². The minimum absolute atomic E-state index is 0.972. The molecule has 5 heteroatoms. The molecule has 0 radical (unpaired) electrons. The van der Waals surface area contributed by atoms with E-state index in [0.29, 0.717) is 0 Å². The van der Waals surface area contributed by atoms with Gasteiger partial charge in [-0.2, -0.15) is 8.42 Å². The van der Waals surface area contributed by atoms with Crippen molar-refractivity contribution in [3.8, 4) is 0 Å². The Labute approximate surface area is 89.8 Å². The number of hydrogen-bond donors (Lipinski definition) is 2. The van der Waals surface area contributed by atoms with Gasteiger partial charge in [-0.3, -0.25) is 9.11 Å². The monoisotopic (exact) mass is 230 g/mol. The molecule has 0 saturated carbocycles. The quantitative estimate of drug-likeness (QED) is 0.602. The van der Waals surface area contributed by atoms with Crippen LogP contribution in [-0.2, 0) is 16.8 Å². The van der Waals surface area contributed by atoms with Gasteiger partial charge in [0.1, 0.15) is 0 Å². The van der Waals surface area contributed by atoms with Crippen LogP contribution < -0.4 is 0 Å². The molecule has 84 valence electrons. The SMILES string of the molecule is C=CCc1ccc(C)cc1.O=S(=O)(O)O. The fraction of sp³-hybridized carbons (Fsp3) is 0.200. The molecule has 0 amide bonds. The van der Waals surface area contributed by atoms with Gasteiger partial charge in [0.05, 0.1) is 0 Å². The van der Waals surface area contributed by atoms with Crippen LogP contribution in [-0.4, -0.2) is 17.5 Å². The van der Waals surface area contributed by atoms with Gasteiger partial charge in [0.2, 0.25) is 0 Å². The van der Waals surface area contributed by atoms with Gasteiger partial charge in [-0.1, -0.05) is 35.9 Å². The van der Waals surface area contributed by atoms with Crippen LogP contribution in [0.3, 0.4) is 0 Å². The molecule has 0 bridgehead atoms. The maximum atomic E-state index is 8.74. The summed E-state index contributed by atoms with van der Waals surface area (Å²) in [5, 5.41) is 0. The Morgan fingerprint density at radius 2 is 1.67 bits per heavy atom. The molecule has 1 aromatic carbocycles. The van der Waals surface area contributed by atoms with Gasteiger partial charge in [0.25, 0.3) is 0 Å². The van der Waals surface area contributed by atoms with E-state index < -0.39 is 10.4 Å². The number of rotatable bonds is 2. The molecule has 0 aromatic heterocycles. The van der Waals surface area contributed by atoms with Crippen molar-refractivity contribution in [1.29, 1.82) is 0 Å². The molecular formula is C10H14O4S. The Balaban J connectivity index is 0.000000336. The summed E-state index contributed by atoms with van der Waals surface area (Å²) in [6, 6.07) is 8.52. The average Bonchev–Trinajstić information content (AvgIpc) is 2.06. The molecular weight excluding hydrogens is 216 g/mol. The van der Waals surface area contributed by atoms with Gasteiger partial charge in [-0.25, -0.2) is 0 Å². The molecule has 0 fully saturated rings. The summed E-state index contributed by atoms with van der Waals surface area (Å²) in [5.74, 6) is 0. The normalized spacial score (nSPS) is 10.1. The second-order valence-electron chi connectivity index (χ2n) is 2.93. The topological polar surface area (TPSA) is 74.6 Å². The smallest absolute Gasteiger partial charge is 0.264 e. The first-order valence-electron chi connectivity index (χ1n) is 4.19. The molecule has 1 rings (SSSR count).